The molecule has 1 amide bonds. The number of amides is 1. The zero-order chi connectivity index (χ0) is 24.7. The summed E-state index contributed by atoms with van der Waals surface area (Å²) in [6.07, 6.45) is 2.80. The molecule has 5 rings (SSSR count). The van der Waals surface area contributed by atoms with Crippen molar-refractivity contribution in [1.29, 1.82) is 0 Å². The predicted molar refractivity (Wildman–Crippen MR) is 138 cm³/mol. The van der Waals surface area contributed by atoms with Crippen LogP contribution in [0, 0.1) is 19.3 Å². The summed E-state index contributed by atoms with van der Waals surface area (Å²) in [7, 11) is 0. The molecule has 2 aliphatic rings. The molecule has 1 aliphatic heterocycles. The van der Waals surface area contributed by atoms with Crippen molar-refractivity contribution in [3.8, 4) is 0 Å². The molecule has 3 aromatic rings. The molecule has 0 fully saturated rings. The number of carbonyl (C=O) groups is 2. The summed E-state index contributed by atoms with van der Waals surface area (Å²) in [5, 5.41) is 6.59. The van der Waals surface area contributed by atoms with Gasteiger partial charge in [-0.2, -0.15) is 0 Å². The number of carbonyl (C=O) groups excluding carboxylic acids is 2. The van der Waals surface area contributed by atoms with Crippen LogP contribution in [0.3, 0.4) is 0 Å². The Morgan fingerprint density at radius 2 is 1.89 bits per heavy atom. The first-order valence-corrected chi connectivity index (χ1v) is 12.0. The van der Waals surface area contributed by atoms with E-state index in [1.807, 2.05) is 73.3 Å². The zero-order valence-electron chi connectivity index (χ0n) is 20.6. The van der Waals surface area contributed by atoms with Crippen LogP contribution in [0.1, 0.15) is 49.6 Å². The van der Waals surface area contributed by atoms with E-state index in [1.54, 1.807) is 6.26 Å². The molecule has 0 saturated carbocycles. The van der Waals surface area contributed by atoms with E-state index in [0.717, 1.165) is 34.7 Å². The van der Waals surface area contributed by atoms with Crippen LogP contribution >= 0.6 is 0 Å². The van der Waals surface area contributed by atoms with Gasteiger partial charge in [-0.15, -0.1) is 0 Å². The number of Topliss-reactive ketones (excluding diaryl/α,β-unsaturated/α-hetero) is 1. The normalized spacial score (nSPS) is 18.9. The number of aryl methyl sites for hydroxylation is 2. The quantitative estimate of drug-likeness (QED) is 0.479. The van der Waals surface area contributed by atoms with Gasteiger partial charge in [0.25, 0.3) is 0 Å². The van der Waals surface area contributed by atoms with Crippen molar-refractivity contribution in [3.63, 3.8) is 0 Å². The maximum Gasteiger partial charge on any atom is 0.243 e. The molecular weight excluding hydrogens is 438 g/mol. The van der Waals surface area contributed by atoms with Gasteiger partial charge in [0.2, 0.25) is 5.91 Å². The van der Waals surface area contributed by atoms with Crippen LogP contribution in [0.2, 0.25) is 0 Å². The number of nitrogens with one attached hydrogen (secondary N) is 2. The number of ketones is 1. The molecular formula is C29H31N3O3. The highest BCUT2D eigenvalue weighted by Gasteiger charge is 2.42. The van der Waals surface area contributed by atoms with Crippen LogP contribution in [0.25, 0.3) is 0 Å². The minimum absolute atomic E-state index is 0.0600. The van der Waals surface area contributed by atoms with Gasteiger partial charge in [0.05, 0.1) is 24.2 Å². The Morgan fingerprint density at radius 1 is 1.09 bits per heavy atom. The topological polar surface area (TPSA) is 74.6 Å². The van der Waals surface area contributed by atoms with Crippen molar-refractivity contribution in [3.05, 3.63) is 89.0 Å². The first kappa shape index (κ1) is 23.0. The molecule has 1 aromatic heterocycles. The van der Waals surface area contributed by atoms with Crippen LogP contribution in [-0.4, -0.2) is 18.2 Å². The second-order valence-electron chi connectivity index (χ2n) is 10.4. The maximum absolute atomic E-state index is 13.6. The summed E-state index contributed by atoms with van der Waals surface area (Å²) in [4.78, 5) is 28.9. The Bertz CT molecular complexity index is 1320. The van der Waals surface area contributed by atoms with Crippen LogP contribution in [0.5, 0.6) is 0 Å². The van der Waals surface area contributed by atoms with Crippen molar-refractivity contribution in [2.75, 3.05) is 22.1 Å². The van der Waals surface area contributed by atoms with Gasteiger partial charge in [-0.1, -0.05) is 32.0 Å². The first-order chi connectivity index (χ1) is 16.7. The fourth-order valence-electron chi connectivity index (χ4n) is 5.14. The molecule has 0 radical (unpaired) electrons. The molecule has 6 nitrogen and oxygen atoms in total. The number of hydrogen-bond acceptors (Lipinski definition) is 5. The van der Waals surface area contributed by atoms with E-state index < -0.39 is 6.04 Å². The van der Waals surface area contributed by atoms with Crippen LogP contribution in [0.4, 0.5) is 17.1 Å². The Labute approximate surface area is 206 Å². The van der Waals surface area contributed by atoms with Crippen molar-refractivity contribution >= 4 is 28.8 Å². The minimum Gasteiger partial charge on any atom is -0.467 e. The number of allylic oxidation sites excluding steroid dienone is 1. The van der Waals surface area contributed by atoms with Crippen LogP contribution < -0.4 is 15.5 Å². The van der Waals surface area contributed by atoms with E-state index in [-0.39, 0.29) is 23.7 Å². The highest BCUT2D eigenvalue weighted by molar-refractivity contribution is 6.02. The summed E-state index contributed by atoms with van der Waals surface area (Å²) in [5.74, 6) is 0.563. The van der Waals surface area contributed by atoms with E-state index in [4.69, 9.17) is 4.42 Å². The molecule has 0 saturated heterocycles. The molecule has 35 heavy (non-hydrogen) atoms. The van der Waals surface area contributed by atoms with Gasteiger partial charge >= 0.3 is 0 Å². The first-order valence-electron chi connectivity index (χ1n) is 12.0. The van der Waals surface area contributed by atoms with Gasteiger partial charge in [0, 0.05) is 23.4 Å². The van der Waals surface area contributed by atoms with Crippen molar-refractivity contribution in [2.24, 2.45) is 5.41 Å². The molecule has 6 heteroatoms. The molecule has 2 aromatic carbocycles. The molecule has 180 valence electrons. The number of anilines is 3. The van der Waals surface area contributed by atoms with Crippen molar-refractivity contribution < 1.29 is 14.0 Å². The number of furan rings is 1. The second kappa shape index (κ2) is 8.77. The lowest BCUT2D eigenvalue weighted by molar-refractivity contribution is -0.119. The largest absolute Gasteiger partial charge is 0.467 e. The van der Waals surface area contributed by atoms with Crippen molar-refractivity contribution in [2.45, 2.75) is 46.6 Å². The van der Waals surface area contributed by atoms with Crippen LogP contribution in [0.15, 0.2) is 76.5 Å². The number of rotatable bonds is 4. The third-order valence-electron chi connectivity index (χ3n) is 6.92. The van der Waals surface area contributed by atoms with Gasteiger partial charge < -0.3 is 20.0 Å². The lowest BCUT2D eigenvalue weighted by Crippen LogP contribution is -2.40. The number of para-hydroxylation sites is 2. The number of hydrogen-bond donors (Lipinski definition) is 2. The van der Waals surface area contributed by atoms with Gasteiger partial charge in [-0.25, -0.2) is 0 Å². The molecule has 1 aliphatic carbocycles. The molecule has 2 heterocycles. The number of fused-ring (bicyclic) bond motifs is 1. The molecule has 0 spiro atoms. The Balaban J connectivity index is 1.58. The van der Waals surface area contributed by atoms with E-state index in [2.05, 4.69) is 24.5 Å². The predicted octanol–water partition coefficient (Wildman–Crippen LogP) is 6.15. The average Bonchev–Trinajstić information content (AvgIpc) is 3.28. The third-order valence-corrected chi connectivity index (χ3v) is 6.92. The van der Waals surface area contributed by atoms with Gasteiger partial charge in [0.15, 0.2) is 5.78 Å². The van der Waals surface area contributed by atoms with E-state index in [1.165, 1.54) is 5.56 Å². The fraction of sp³-hybridized carbons (Fsp3) is 0.310. The van der Waals surface area contributed by atoms with E-state index in [9.17, 15) is 9.59 Å². The lowest BCUT2D eigenvalue weighted by atomic mass is 9.74. The zero-order valence-corrected chi connectivity index (χ0v) is 20.6. The monoisotopic (exact) mass is 469 g/mol. The molecule has 1 unspecified atom stereocenters. The maximum atomic E-state index is 13.6. The average molecular weight is 470 g/mol. The summed E-state index contributed by atoms with van der Waals surface area (Å²) in [5.41, 5.74) is 6.19. The lowest BCUT2D eigenvalue weighted by Gasteiger charge is -2.36. The molecule has 2 N–H and O–H groups in total. The highest BCUT2D eigenvalue weighted by Crippen LogP contribution is 2.48. The smallest absolute Gasteiger partial charge is 0.243 e. The number of nitrogens with zero attached hydrogens (tertiary/aromatic N) is 1. The molecule has 1 atom stereocenters. The second-order valence-corrected chi connectivity index (χ2v) is 10.4. The summed E-state index contributed by atoms with van der Waals surface area (Å²) in [6, 6.07) is 17.0. The molecule has 0 bridgehead atoms. The summed E-state index contributed by atoms with van der Waals surface area (Å²) < 4.78 is 5.86. The Morgan fingerprint density at radius 3 is 2.63 bits per heavy atom. The minimum atomic E-state index is -0.509. The summed E-state index contributed by atoms with van der Waals surface area (Å²) in [6.45, 7) is 8.36. The van der Waals surface area contributed by atoms with Gasteiger partial charge in [-0.05, 0) is 73.2 Å². The third kappa shape index (κ3) is 4.48. The Kier molecular flexibility index (Phi) is 5.75. The van der Waals surface area contributed by atoms with Crippen LogP contribution in [-0.2, 0) is 9.59 Å². The van der Waals surface area contributed by atoms with Gasteiger partial charge in [-0.3, -0.25) is 9.59 Å². The highest BCUT2D eigenvalue weighted by atomic mass is 16.3. The Hall–Kier alpha value is -3.80. The number of benzene rings is 2. The standard InChI is InChI=1S/C29H31N3O3/c1-18-11-12-20(14-19(18)2)30-26(34)17-32-23-9-6-5-8-21(23)31-22-15-29(3,4)16-24(33)27(22)28(32)25-10-7-13-35-25/h5-14,28,31H,15-17H2,1-4H3,(H,30,34). The van der Waals surface area contributed by atoms with Crippen molar-refractivity contribution in [1.82, 2.24) is 0 Å². The van der Waals surface area contributed by atoms with Gasteiger partial charge in [0.1, 0.15) is 11.8 Å². The fourth-order valence-corrected chi connectivity index (χ4v) is 5.14. The SMILES string of the molecule is Cc1ccc(NC(=O)CN2c3ccccc3NC3=C(C(=O)CC(C)(C)C3)C2c2ccco2)cc1C. The summed E-state index contributed by atoms with van der Waals surface area (Å²) >= 11 is 0. The van der Waals surface area contributed by atoms with E-state index >= 15 is 0 Å². The van der Waals surface area contributed by atoms with E-state index in [0.29, 0.717) is 17.8 Å².